The van der Waals surface area contributed by atoms with Crippen LogP contribution in [-0.4, -0.2) is 71.7 Å². The average Bonchev–Trinajstić information content (AvgIpc) is 3.13. The standard InChI is InChI=1S/C21H32N4O3/c1-24-14-15(28-2)13-21(20(24)27)9-11-25(12-10-21)19(26)8-7-18-16-5-3-4-6-17(16)22-23-18/h15H,3-14H2,1-2H3,(H,22,23). The highest BCUT2D eigenvalue weighted by Gasteiger charge is 2.48. The molecule has 2 aliphatic heterocycles. The van der Waals surface area contributed by atoms with E-state index in [4.69, 9.17) is 4.74 Å². The van der Waals surface area contributed by atoms with Crippen LogP contribution in [0.5, 0.6) is 0 Å². The number of carbonyl (C=O) groups is 2. The Labute approximate surface area is 166 Å². The molecule has 154 valence electrons. The van der Waals surface area contributed by atoms with Crippen LogP contribution >= 0.6 is 0 Å². The Kier molecular flexibility index (Phi) is 5.45. The number of aromatic nitrogens is 2. The molecule has 1 N–H and O–H groups in total. The van der Waals surface area contributed by atoms with Crippen LogP contribution in [0.1, 0.15) is 55.5 Å². The van der Waals surface area contributed by atoms with Crippen molar-refractivity contribution in [3.05, 3.63) is 17.0 Å². The van der Waals surface area contributed by atoms with E-state index in [1.807, 2.05) is 11.9 Å². The maximum Gasteiger partial charge on any atom is 0.228 e. The normalized spacial score (nSPS) is 24.5. The predicted molar refractivity (Wildman–Crippen MR) is 105 cm³/mol. The van der Waals surface area contributed by atoms with Crippen LogP contribution < -0.4 is 0 Å². The van der Waals surface area contributed by atoms with Crippen molar-refractivity contribution in [2.75, 3.05) is 33.8 Å². The second kappa shape index (κ2) is 7.85. The molecular formula is C21H32N4O3. The van der Waals surface area contributed by atoms with Gasteiger partial charge in [0.1, 0.15) is 0 Å². The lowest BCUT2D eigenvalue weighted by Gasteiger charge is -2.47. The Hall–Kier alpha value is -1.89. The number of piperidine rings is 2. The molecule has 4 rings (SSSR count). The van der Waals surface area contributed by atoms with Gasteiger partial charge in [0.2, 0.25) is 11.8 Å². The third-order valence-electron chi connectivity index (χ3n) is 7.02. The third kappa shape index (κ3) is 3.56. The summed E-state index contributed by atoms with van der Waals surface area (Å²) >= 11 is 0. The Morgan fingerprint density at radius 2 is 2.04 bits per heavy atom. The Morgan fingerprint density at radius 3 is 2.79 bits per heavy atom. The molecule has 3 heterocycles. The molecule has 1 unspecified atom stereocenters. The molecule has 0 bridgehead atoms. The van der Waals surface area contributed by atoms with Gasteiger partial charge in [-0.15, -0.1) is 0 Å². The molecule has 0 aromatic carbocycles. The fourth-order valence-corrected chi connectivity index (χ4v) is 5.28. The van der Waals surface area contributed by atoms with E-state index in [1.54, 1.807) is 12.0 Å². The molecule has 7 nitrogen and oxygen atoms in total. The number of nitrogens with one attached hydrogen (secondary N) is 1. The molecule has 1 spiro atoms. The zero-order valence-electron chi connectivity index (χ0n) is 17.1. The number of hydrogen-bond acceptors (Lipinski definition) is 4. The lowest BCUT2D eigenvalue weighted by Crippen LogP contribution is -2.57. The summed E-state index contributed by atoms with van der Waals surface area (Å²) in [4.78, 5) is 29.3. The Bertz CT molecular complexity index is 736. The number of fused-ring (bicyclic) bond motifs is 1. The van der Waals surface area contributed by atoms with Gasteiger partial charge < -0.3 is 14.5 Å². The van der Waals surface area contributed by atoms with Crippen LogP contribution in [0.2, 0.25) is 0 Å². The van der Waals surface area contributed by atoms with Crippen molar-refractivity contribution in [1.29, 1.82) is 0 Å². The summed E-state index contributed by atoms with van der Waals surface area (Å²) in [6.07, 6.45) is 8.14. The number of hydrogen-bond donors (Lipinski definition) is 1. The van der Waals surface area contributed by atoms with E-state index in [2.05, 4.69) is 10.2 Å². The van der Waals surface area contributed by atoms with Crippen molar-refractivity contribution in [2.24, 2.45) is 5.41 Å². The van der Waals surface area contributed by atoms with Crippen molar-refractivity contribution in [3.8, 4) is 0 Å². The maximum atomic E-state index is 12.8. The summed E-state index contributed by atoms with van der Waals surface area (Å²) < 4.78 is 5.55. The molecule has 28 heavy (non-hydrogen) atoms. The second-order valence-electron chi connectivity index (χ2n) is 8.74. The molecule has 1 aliphatic carbocycles. The van der Waals surface area contributed by atoms with E-state index >= 15 is 0 Å². The van der Waals surface area contributed by atoms with Crippen molar-refractivity contribution in [3.63, 3.8) is 0 Å². The van der Waals surface area contributed by atoms with Crippen molar-refractivity contribution in [2.45, 2.75) is 63.9 Å². The molecule has 1 aromatic heterocycles. The highest BCUT2D eigenvalue weighted by Crippen LogP contribution is 2.41. The number of likely N-dealkylation sites (tertiary alicyclic amines) is 2. The van der Waals surface area contributed by atoms with Gasteiger partial charge in [-0.3, -0.25) is 14.7 Å². The van der Waals surface area contributed by atoms with E-state index in [-0.39, 0.29) is 23.3 Å². The molecule has 0 saturated carbocycles. The van der Waals surface area contributed by atoms with Gasteiger partial charge >= 0.3 is 0 Å². The van der Waals surface area contributed by atoms with Crippen LogP contribution in [0.15, 0.2) is 0 Å². The minimum absolute atomic E-state index is 0.0933. The zero-order chi connectivity index (χ0) is 19.7. The fraction of sp³-hybridized carbons (Fsp3) is 0.762. The number of nitrogens with zero attached hydrogens (tertiary/aromatic N) is 3. The monoisotopic (exact) mass is 388 g/mol. The van der Waals surface area contributed by atoms with Gasteiger partial charge in [0.25, 0.3) is 0 Å². The summed E-state index contributed by atoms with van der Waals surface area (Å²) in [6, 6.07) is 0. The molecule has 3 aliphatic rings. The van der Waals surface area contributed by atoms with E-state index in [0.717, 1.165) is 37.8 Å². The van der Waals surface area contributed by atoms with Gasteiger partial charge in [-0.1, -0.05) is 0 Å². The summed E-state index contributed by atoms with van der Waals surface area (Å²) in [5.74, 6) is 0.401. The molecule has 2 amide bonds. The van der Waals surface area contributed by atoms with Gasteiger partial charge in [-0.05, 0) is 50.5 Å². The van der Waals surface area contributed by atoms with Crippen LogP contribution in [0.4, 0.5) is 0 Å². The summed E-state index contributed by atoms with van der Waals surface area (Å²) in [7, 11) is 3.58. The number of rotatable bonds is 4. The van der Waals surface area contributed by atoms with Crippen LogP contribution in [0.3, 0.4) is 0 Å². The number of ether oxygens (including phenoxy) is 1. The molecule has 2 saturated heterocycles. The first-order valence-corrected chi connectivity index (χ1v) is 10.6. The van der Waals surface area contributed by atoms with Crippen LogP contribution in [0.25, 0.3) is 0 Å². The molecular weight excluding hydrogens is 356 g/mol. The topological polar surface area (TPSA) is 78.5 Å². The van der Waals surface area contributed by atoms with Crippen molar-refractivity contribution >= 4 is 11.8 Å². The summed E-state index contributed by atoms with van der Waals surface area (Å²) in [5, 5.41) is 7.62. The van der Waals surface area contributed by atoms with Crippen LogP contribution in [0, 0.1) is 5.41 Å². The Morgan fingerprint density at radius 1 is 1.29 bits per heavy atom. The molecule has 0 radical (unpaired) electrons. The van der Waals surface area contributed by atoms with Crippen molar-refractivity contribution in [1.82, 2.24) is 20.0 Å². The highest BCUT2D eigenvalue weighted by atomic mass is 16.5. The first-order valence-electron chi connectivity index (χ1n) is 10.6. The minimum atomic E-state index is -0.355. The lowest BCUT2D eigenvalue weighted by atomic mass is 9.71. The number of aryl methyl sites for hydroxylation is 2. The zero-order valence-corrected chi connectivity index (χ0v) is 17.1. The van der Waals surface area contributed by atoms with Gasteiger partial charge in [0.15, 0.2) is 0 Å². The van der Waals surface area contributed by atoms with E-state index < -0.39 is 0 Å². The predicted octanol–water partition coefficient (Wildman–Crippen LogP) is 1.71. The number of methoxy groups -OCH3 is 1. The number of likely N-dealkylation sites (N-methyl/N-ethyl adjacent to an activating group) is 1. The smallest absolute Gasteiger partial charge is 0.228 e. The second-order valence-corrected chi connectivity index (χ2v) is 8.74. The highest BCUT2D eigenvalue weighted by molar-refractivity contribution is 5.84. The summed E-state index contributed by atoms with van der Waals surface area (Å²) in [5.41, 5.74) is 3.33. The Balaban J connectivity index is 1.33. The lowest BCUT2D eigenvalue weighted by molar-refractivity contribution is -0.158. The largest absolute Gasteiger partial charge is 0.380 e. The number of carbonyl (C=O) groups excluding carboxylic acids is 2. The summed E-state index contributed by atoms with van der Waals surface area (Å²) in [6.45, 7) is 1.98. The van der Waals surface area contributed by atoms with Crippen LogP contribution in [-0.2, 0) is 33.6 Å². The van der Waals surface area contributed by atoms with Gasteiger partial charge in [0, 0.05) is 52.3 Å². The van der Waals surface area contributed by atoms with Gasteiger partial charge in [-0.25, -0.2) is 0 Å². The number of aromatic amines is 1. The molecule has 2 fully saturated rings. The first kappa shape index (κ1) is 19.4. The fourth-order valence-electron chi connectivity index (χ4n) is 5.28. The van der Waals surface area contributed by atoms with Crippen molar-refractivity contribution < 1.29 is 14.3 Å². The maximum absolute atomic E-state index is 12.8. The molecule has 7 heteroatoms. The quantitative estimate of drug-likeness (QED) is 0.852. The minimum Gasteiger partial charge on any atom is -0.380 e. The number of amides is 2. The van der Waals surface area contributed by atoms with Gasteiger partial charge in [-0.2, -0.15) is 5.10 Å². The SMILES string of the molecule is COC1CN(C)C(=O)C2(CCN(C(=O)CCc3n[nH]c4c3CCCC4)CC2)C1. The molecule has 1 aromatic rings. The average molecular weight is 389 g/mol. The van der Waals surface area contributed by atoms with E-state index in [0.29, 0.717) is 32.5 Å². The first-order chi connectivity index (χ1) is 13.5. The van der Waals surface area contributed by atoms with E-state index in [1.165, 1.54) is 24.1 Å². The molecule has 1 atom stereocenters. The number of H-pyrrole nitrogens is 1. The van der Waals surface area contributed by atoms with Gasteiger partial charge in [0.05, 0.1) is 17.2 Å². The third-order valence-corrected chi connectivity index (χ3v) is 7.02. The van der Waals surface area contributed by atoms with E-state index in [9.17, 15) is 9.59 Å².